The summed E-state index contributed by atoms with van der Waals surface area (Å²) in [6.07, 6.45) is 1.90. The van der Waals surface area contributed by atoms with Gasteiger partial charge in [0.2, 0.25) is 0 Å². The van der Waals surface area contributed by atoms with Gasteiger partial charge in [0.05, 0.1) is 6.54 Å². The summed E-state index contributed by atoms with van der Waals surface area (Å²) in [6.45, 7) is 4.31. The Balaban J connectivity index is 2.21. The van der Waals surface area contributed by atoms with E-state index in [9.17, 15) is 14.4 Å². The van der Waals surface area contributed by atoms with Crippen LogP contribution >= 0.6 is 22.9 Å². The van der Waals surface area contributed by atoms with Gasteiger partial charge in [-0.25, -0.2) is 0 Å². The van der Waals surface area contributed by atoms with Gasteiger partial charge in [0.15, 0.2) is 5.78 Å². The molecule has 2 rings (SSSR count). The standard InChI is InChI=1S/C18H21ClN2O3S/c1-4-5-10-20(3)17(23)16-12(2)21(18(24)25-16)11-15(22)13-6-8-14(19)9-7-13/h6-9H,4-5,10-11H2,1-3H3. The number of amides is 1. The van der Waals surface area contributed by atoms with Gasteiger partial charge in [0, 0.05) is 29.9 Å². The number of thiazole rings is 1. The number of ketones is 1. The second kappa shape index (κ2) is 8.45. The summed E-state index contributed by atoms with van der Waals surface area (Å²) in [6, 6.07) is 6.52. The number of hydrogen-bond acceptors (Lipinski definition) is 4. The van der Waals surface area contributed by atoms with Crippen molar-refractivity contribution in [2.45, 2.75) is 33.2 Å². The fraction of sp³-hybridized carbons (Fsp3) is 0.389. The van der Waals surface area contributed by atoms with Crippen LogP contribution in [0, 0.1) is 6.92 Å². The number of carbonyl (C=O) groups excluding carboxylic acids is 2. The maximum absolute atomic E-state index is 12.5. The molecule has 0 aliphatic carbocycles. The molecule has 25 heavy (non-hydrogen) atoms. The highest BCUT2D eigenvalue weighted by molar-refractivity contribution is 7.11. The molecule has 0 radical (unpaired) electrons. The van der Waals surface area contributed by atoms with Gasteiger partial charge in [-0.3, -0.25) is 19.0 Å². The Morgan fingerprint density at radius 1 is 1.24 bits per heavy atom. The first kappa shape index (κ1) is 19.4. The van der Waals surface area contributed by atoms with Gasteiger partial charge in [0.25, 0.3) is 5.91 Å². The van der Waals surface area contributed by atoms with Gasteiger partial charge in [0.1, 0.15) is 4.88 Å². The van der Waals surface area contributed by atoms with Crippen molar-refractivity contribution >= 4 is 34.6 Å². The number of halogens is 1. The minimum atomic E-state index is -0.299. The largest absolute Gasteiger partial charge is 0.341 e. The molecule has 1 aromatic carbocycles. The van der Waals surface area contributed by atoms with Crippen molar-refractivity contribution in [3.63, 3.8) is 0 Å². The fourth-order valence-electron chi connectivity index (χ4n) is 2.40. The first-order valence-corrected chi connectivity index (χ1v) is 9.29. The van der Waals surface area contributed by atoms with Crippen molar-refractivity contribution in [3.8, 4) is 0 Å². The minimum absolute atomic E-state index is 0.0885. The maximum atomic E-state index is 12.5. The lowest BCUT2D eigenvalue weighted by Crippen LogP contribution is -2.28. The van der Waals surface area contributed by atoms with Crippen LogP contribution in [0.3, 0.4) is 0 Å². The number of benzene rings is 1. The van der Waals surface area contributed by atoms with Crippen molar-refractivity contribution in [2.75, 3.05) is 13.6 Å². The Labute approximate surface area is 155 Å². The number of unbranched alkanes of at least 4 members (excludes halogenated alkanes) is 1. The maximum Gasteiger partial charge on any atom is 0.308 e. The molecule has 0 spiro atoms. The summed E-state index contributed by atoms with van der Waals surface area (Å²) < 4.78 is 1.36. The molecular formula is C18H21ClN2O3S. The lowest BCUT2D eigenvalue weighted by Gasteiger charge is -2.16. The number of hydrogen-bond donors (Lipinski definition) is 0. The molecule has 134 valence electrons. The molecule has 1 amide bonds. The Hall–Kier alpha value is -1.92. The lowest BCUT2D eigenvalue weighted by molar-refractivity contribution is 0.0795. The van der Waals surface area contributed by atoms with E-state index in [1.54, 1.807) is 43.1 Å². The van der Waals surface area contributed by atoms with E-state index in [2.05, 4.69) is 6.92 Å². The number of rotatable bonds is 7. The molecule has 0 unspecified atom stereocenters. The van der Waals surface area contributed by atoms with Crippen LogP contribution in [0.25, 0.3) is 0 Å². The fourth-order valence-corrected chi connectivity index (χ4v) is 3.51. The highest BCUT2D eigenvalue weighted by atomic mass is 35.5. The summed E-state index contributed by atoms with van der Waals surface area (Å²) >= 11 is 6.72. The smallest absolute Gasteiger partial charge is 0.308 e. The lowest BCUT2D eigenvalue weighted by atomic mass is 10.1. The van der Waals surface area contributed by atoms with Crippen molar-refractivity contribution in [3.05, 3.63) is 55.1 Å². The molecule has 2 aromatic rings. The van der Waals surface area contributed by atoms with Crippen LogP contribution in [0.5, 0.6) is 0 Å². The van der Waals surface area contributed by atoms with E-state index in [0.717, 1.165) is 24.2 Å². The molecule has 1 heterocycles. The molecule has 0 atom stereocenters. The zero-order chi connectivity index (χ0) is 18.6. The molecule has 0 aliphatic heterocycles. The van der Waals surface area contributed by atoms with Gasteiger partial charge < -0.3 is 4.90 Å². The molecule has 0 aliphatic rings. The van der Waals surface area contributed by atoms with Crippen LogP contribution in [0.2, 0.25) is 5.02 Å². The average molecular weight is 381 g/mol. The van der Waals surface area contributed by atoms with Crippen molar-refractivity contribution in [1.82, 2.24) is 9.47 Å². The van der Waals surface area contributed by atoms with Crippen LogP contribution in [0.1, 0.15) is 45.5 Å². The second-order valence-corrected chi connectivity index (χ2v) is 7.28. The van der Waals surface area contributed by atoms with Crippen molar-refractivity contribution in [1.29, 1.82) is 0 Å². The molecule has 0 fully saturated rings. The van der Waals surface area contributed by atoms with Gasteiger partial charge >= 0.3 is 4.87 Å². The molecule has 0 saturated heterocycles. The van der Waals surface area contributed by atoms with E-state index in [1.165, 1.54) is 4.57 Å². The Kier molecular flexibility index (Phi) is 6.56. The molecule has 0 bridgehead atoms. The zero-order valence-electron chi connectivity index (χ0n) is 14.5. The van der Waals surface area contributed by atoms with Gasteiger partial charge in [-0.05, 0) is 37.6 Å². The molecule has 7 heteroatoms. The van der Waals surface area contributed by atoms with Gasteiger partial charge in [-0.2, -0.15) is 0 Å². The summed E-state index contributed by atoms with van der Waals surface area (Å²) in [5.74, 6) is -0.372. The predicted molar refractivity (Wildman–Crippen MR) is 101 cm³/mol. The molecular weight excluding hydrogens is 360 g/mol. The minimum Gasteiger partial charge on any atom is -0.341 e. The third kappa shape index (κ3) is 4.58. The van der Waals surface area contributed by atoms with Crippen LogP contribution in [-0.4, -0.2) is 34.7 Å². The molecule has 5 nitrogen and oxygen atoms in total. The first-order valence-electron chi connectivity index (χ1n) is 8.09. The normalized spacial score (nSPS) is 10.7. The number of nitrogens with zero attached hydrogens (tertiary/aromatic N) is 2. The summed E-state index contributed by atoms with van der Waals surface area (Å²) in [5, 5.41) is 0.545. The van der Waals surface area contributed by atoms with E-state index < -0.39 is 0 Å². The Morgan fingerprint density at radius 2 is 1.88 bits per heavy atom. The number of aromatic nitrogens is 1. The topological polar surface area (TPSA) is 59.4 Å². The van der Waals surface area contributed by atoms with Crippen LogP contribution in [0.4, 0.5) is 0 Å². The molecule has 0 saturated carbocycles. The summed E-state index contributed by atoms with van der Waals surface area (Å²) in [5.41, 5.74) is 1.01. The van der Waals surface area contributed by atoms with E-state index in [0.29, 0.717) is 27.7 Å². The van der Waals surface area contributed by atoms with Crippen LogP contribution in [-0.2, 0) is 6.54 Å². The van der Waals surface area contributed by atoms with Crippen molar-refractivity contribution < 1.29 is 9.59 Å². The third-order valence-electron chi connectivity index (χ3n) is 4.00. The van der Waals surface area contributed by atoms with E-state index in [-0.39, 0.29) is 23.1 Å². The molecule has 0 N–H and O–H groups in total. The zero-order valence-corrected chi connectivity index (χ0v) is 16.1. The van der Waals surface area contributed by atoms with Crippen molar-refractivity contribution in [2.24, 2.45) is 0 Å². The predicted octanol–water partition coefficient (Wildman–Crippen LogP) is 3.63. The second-order valence-electron chi connectivity index (χ2n) is 5.88. The van der Waals surface area contributed by atoms with Crippen LogP contribution < -0.4 is 4.87 Å². The third-order valence-corrected chi connectivity index (χ3v) is 5.32. The van der Waals surface area contributed by atoms with Gasteiger partial charge in [-0.15, -0.1) is 0 Å². The van der Waals surface area contributed by atoms with E-state index >= 15 is 0 Å². The summed E-state index contributed by atoms with van der Waals surface area (Å²) in [7, 11) is 1.73. The summed E-state index contributed by atoms with van der Waals surface area (Å²) in [4.78, 5) is 38.9. The Bertz CT molecular complexity index is 824. The Morgan fingerprint density at radius 3 is 2.48 bits per heavy atom. The highest BCUT2D eigenvalue weighted by Gasteiger charge is 2.22. The van der Waals surface area contributed by atoms with Gasteiger partial charge in [-0.1, -0.05) is 36.3 Å². The number of Topliss-reactive ketones (excluding diaryl/α,β-unsaturated/α-hetero) is 1. The first-order chi connectivity index (χ1) is 11.8. The monoisotopic (exact) mass is 380 g/mol. The SMILES string of the molecule is CCCCN(C)C(=O)c1sc(=O)n(CC(=O)c2ccc(Cl)cc2)c1C. The van der Waals surface area contributed by atoms with Crippen LogP contribution in [0.15, 0.2) is 29.1 Å². The number of carbonyl (C=O) groups is 2. The van der Waals surface area contributed by atoms with E-state index in [4.69, 9.17) is 11.6 Å². The highest BCUT2D eigenvalue weighted by Crippen LogP contribution is 2.16. The van der Waals surface area contributed by atoms with E-state index in [1.807, 2.05) is 0 Å². The molecule has 1 aromatic heterocycles. The quantitative estimate of drug-likeness (QED) is 0.689. The average Bonchev–Trinajstić information content (AvgIpc) is 2.87.